The van der Waals surface area contributed by atoms with Crippen molar-refractivity contribution in [1.82, 2.24) is 10.6 Å². The first kappa shape index (κ1) is 22.6. The van der Waals surface area contributed by atoms with E-state index in [0.29, 0.717) is 17.6 Å². The zero-order valence-electron chi connectivity index (χ0n) is 19.6. The summed E-state index contributed by atoms with van der Waals surface area (Å²) in [5, 5.41) is 6.52. The van der Waals surface area contributed by atoms with Crippen LogP contribution in [0.2, 0.25) is 0 Å². The second-order valence-electron chi connectivity index (χ2n) is 10.8. The van der Waals surface area contributed by atoms with Gasteiger partial charge in [-0.05, 0) is 92.5 Å². The highest BCUT2D eigenvalue weighted by Gasteiger charge is 2.56. The number of fused-ring (bicyclic) bond motifs is 2. The summed E-state index contributed by atoms with van der Waals surface area (Å²) in [6.45, 7) is 9.87. The number of furan rings is 1. The molecule has 0 spiro atoms. The lowest BCUT2D eigenvalue weighted by atomic mass is 9.48. The monoisotopic (exact) mass is 442 g/mol. The molecule has 3 aliphatic carbocycles. The van der Waals surface area contributed by atoms with Crippen molar-refractivity contribution in [2.45, 2.75) is 85.6 Å². The van der Waals surface area contributed by atoms with E-state index in [1.54, 1.807) is 17.4 Å². The van der Waals surface area contributed by atoms with E-state index < -0.39 is 0 Å². The normalized spacial score (nSPS) is 32.9. The van der Waals surface area contributed by atoms with Crippen LogP contribution in [-0.4, -0.2) is 11.0 Å². The lowest BCUT2D eigenvalue weighted by Crippen LogP contribution is -2.56. The number of hydrogen-bond donors (Lipinski definition) is 2. The molecule has 2 unspecified atom stereocenters. The quantitative estimate of drug-likeness (QED) is 0.435. The fourth-order valence-electron chi connectivity index (χ4n) is 6.89. The third-order valence-corrected chi connectivity index (χ3v) is 8.99. The van der Waals surface area contributed by atoms with Gasteiger partial charge in [-0.1, -0.05) is 45.3 Å². The summed E-state index contributed by atoms with van der Waals surface area (Å²) in [5.74, 6) is 2.86. The van der Waals surface area contributed by atoms with Gasteiger partial charge in [0.05, 0.1) is 18.2 Å². The van der Waals surface area contributed by atoms with Crippen molar-refractivity contribution < 1.29 is 9.21 Å². The molecule has 4 atom stereocenters. The van der Waals surface area contributed by atoms with Crippen LogP contribution >= 0.6 is 12.2 Å². The molecule has 4 nitrogen and oxygen atoms in total. The summed E-state index contributed by atoms with van der Waals surface area (Å²) in [5.41, 5.74) is 3.21. The number of thiocarbonyl (C=S) groups is 1. The molecule has 0 radical (unpaired) electrons. The van der Waals surface area contributed by atoms with Gasteiger partial charge in [0.2, 0.25) is 5.91 Å². The van der Waals surface area contributed by atoms with Crippen LogP contribution in [0, 0.1) is 28.6 Å². The third kappa shape index (κ3) is 4.22. The van der Waals surface area contributed by atoms with Crippen molar-refractivity contribution in [3.05, 3.63) is 35.3 Å². The second kappa shape index (κ2) is 8.73. The minimum atomic E-state index is -0.378. The number of carbonyl (C=O) groups excluding carboxylic acids is 1. The zero-order chi connectivity index (χ0) is 22.2. The first-order valence-corrected chi connectivity index (χ1v) is 12.5. The van der Waals surface area contributed by atoms with Crippen molar-refractivity contribution in [2.75, 3.05) is 0 Å². The fraction of sp³-hybridized carbons (Fsp3) is 0.692. The van der Waals surface area contributed by atoms with E-state index in [0.717, 1.165) is 36.9 Å². The molecular weight excluding hydrogens is 404 g/mol. The van der Waals surface area contributed by atoms with Crippen LogP contribution in [0.15, 0.2) is 34.0 Å². The lowest BCUT2D eigenvalue weighted by Gasteiger charge is -2.56. The van der Waals surface area contributed by atoms with Gasteiger partial charge in [-0.25, -0.2) is 0 Å². The van der Waals surface area contributed by atoms with Gasteiger partial charge in [0.25, 0.3) is 0 Å². The summed E-state index contributed by atoms with van der Waals surface area (Å²) in [7, 11) is 0. The summed E-state index contributed by atoms with van der Waals surface area (Å²) >= 11 is 5.43. The van der Waals surface area contributed by atoms with Gasteiger partial charge < -0.3 is 15.1 Å². The minimum absolute atomic E-state index is 0.0836. The van der Waals surface area contributed by atoms with E-state index in [1.165, 1.54) is 32.1 Å². The number of nitrogens with one attached hydrogen (secondary N) is 2. The van der Waals surface area contributed by atoms with Gasteiger partial charge in [0, 0.05) is 0 Å². The Kier molecular flexibility index (Phi) is 6.35. The topological polar surface area (TPSA) is 54.3 Å². The summed E-state index contributed by atoms with van der Waals surface area (Å²) in [6, 6.07) is 3.75. The van der Waals surface area contributed by atoms with E-state index in [4.69, 9.17) is 16.6 Å². The summed E-state index contributed by atoms with van der Waals surface area (Å²) in [4.78, 5) is 13.5. The largest absolute Gasteiger partial charge is 0.467 e. The molecule has 4 rings (SSSR count). The molecule has 1 aromatic rings. The van der Waals surface area contributed by atoms with Crippen LogP contribution in [0.3, 0.4) is 0 Å². The standard InChI is InChI=1S/C26H38N2O2S/c1-17(2)18-8-10-21-19(15-18)9-11-22-25(21,3)12-6-13-26(22,4)23(29)28-24(31)27-16-20-7-5-14-30-20/h5,7,14,17-18,22H,6,8-13,15-16H2,1-4H3,(H2,27,28,29,31)/t18?,22?,25-,26-/m1/s1. The highest BCUT2D eigenvalue weighted by Crippen LogP contribution is 2.62. The molecule has 1 aromatic heterocycles. The molecule has 0 saturated heterocycles. The molecule has 1 saturated carbocycles. The number of allylic oxidation sites excluding steroid dienone is 2. The highest BCUT2D eigenvalue weighted by atomic mass is 32.1. The number of carbonyl (C=O) groups is 1. The average Bonchev–Trinajstić information content (AvgIpc) is 3.25. The van der Waals surface area contributed by atoms with Crippen molar-refractivity contribution in [2.24, 2.45) is 28.6 Å². The molecule has 170 valence electrons. The van der Waals surface area contributed by atoms with Crippen LogP contribution < -0.4 is 10.6 Å². The molecule has 3 aliphatic rings. The van der Waals surface area contributed by atoms with Crippen molar-refractivity contribution in [3.8, 4) is 0 Å². The van der Waals surface area contributed by atoms with Crippen molar-refractivity contribution >= 4 is 23.2 Å². The van der Waals surface area contributed by atoms with Gasteiger partial charge in [-0.2, -0.15) is 0 Å². The van der Waals surface area contributed by atoms with E-state index in [2.05, 4.69) is 38.3 Å². The second-order valence-corrected chi connectivity index (χ2v) is 11.2. The van der Waals surface area contributed by atoms with Crippen LogP contribution in [0.5, 0.6) is 0 Å². The van der Waals surface area contributed by atoms with E-state index >= 15 is 0 Å². The third-order valence-electron chi connectivity index (χ3n) is 8.75. The van der Waals surface area contributed by atoms with Gasteiger partial charge in [-0.15, -0.1) is 0 Å². The maximum Gasteiger partial charge on any atom is 0.232 e. The first-order chi connectivity index (χ1) is 14.7. The number of amides is 1. The van der Waals surface area contributed by atoms with Gasteiger partial charge in [0.15, 0.2) is 5.11 Å². The smallest absolute Gasteiger partial charge is 0.232 e. The Morgan fingerprint density at radius 2 is 2.06 bits per heavy atom. The fourth-order valence-corrected chi connectivity index (χ4v) is 7.06. The molecule has 0 bridgehead atoms. The molecule has 5 heteroatoms. The first-order valence-electron chi connectivity index (χ1n) is 12.1. The highest BCUT2D eigenvalue weighted by molar-refractivity contribution is 7.80. The molecular formula is C26H38N2O2S. The predicted octanol–water partition coefficient (Wildman–Crippen LogP) is 6.13. The van der Waals surface area contributed by atoms with Crippen LogP contribution in [0.25, 0.3) is 0 Å². The Bertz CT molecular complexity index is 859. The molecule has 1 fully saturated rings. The van der Waals surface area contributed by atoms with E-state index in [-0.39, 0.29) is 16.7 Å². The zero-order valence-corrected chi connectivity index (χ0v) is 20.4. The van der Waals surface area contributed by atoms with Crippen LogP contribution in [0.1, 0.15) is 84.8 Å². The average molecular weight is 443 g/mol. The van der Waals surface area contributed by atoms with Crippen LogP contribution in [0.4, 0.5) is 0 Å². The molecule has 2 N–H and O–H groups in total. The molecule has 0 aliphatic heterocycles. The number of rotatable bonds is 4. The maximum atomic E-state index is 13.5. The molecule has 31 heavy (non-hydrogen) atoms. The van der Waals surface area contributed by atoms with E-state index in [1.807, 2.05) is 12.1 Å². The van der Waals surface area contributed by atoms with Crippen molar-refractivity contribution in [3.63, 3.8) is 0 Å². The van der Waals surface area contributed by atoms with Crippen LogP contribution in [-0.2, 0) is 11.3 Å². The Labute approximate surface area is 192 Å². The SMILES string of the molecule is CC(C)C1CCC2=C(CCC3[C@](C)(C(=O)NC(=S)NCc4ccco4)CCC[C@]23C)C1. The van der Waals surface area contributed by atoms with Crippen molar-refractivity contribution in [1.29, 1.82) is 0 Å². The number of hydrogen-bond acceptors (Lipinski definition) is 3. The molecule has 1 amide bonds. The Balaban J connectivity index is 1.48. The lowest BCUT2D eigenvalue weighted by molar-refractivity contribution is -0.139. The van der Waals surface area contributed by atoms with E-state index in [9.17, 15) is 4.79 Å². The van der Waals surface area contributed by atoms with Gasteiger partial charge >= 0.3 is 0 Å². The Hall–Kier alpha value is -1.62. The Morgan fingerprint density at radius 3 is 2.77 bits per heavy atom. The summed E-state index contributed by atoms with van der Waals surface area (Å²) < 4.78 is 5.34. The van der Waals surface area contributed by atoms with Gasteiger partial charge in [0.1, 0.15) is 5.76 Å². The summed E-state index contributed by atoms with van der Waals surface area (Å²) in [6.07, 6.45) is 11.0. The minimum Gasteiger partial charge on any atom is -0.467 e. The maximum absolute atomic E-state index is 13.5. The molecule has 1 heterocycles. The Morgan fingerprint density at radius 1 is 1.26 bits per heavy atom. The van der Waals surface area contributed by atoms with Gasteiger partial charge in [-0.3, -0.25) is 4.79 Å². The molecule has 0 aromatic carbocycles. The predicted molar refractivity (Wildman–Crippen MR) is 128 cm³/mol.